The summed E-state index contributed by atoms with van der Waals surface area (Å²) in [6, 6.07) is 24.0. The van der Waals surface area contributed by atoms with E-state index in [1.165, 1.54) is 11.1 Å². The molecule has 0 fully saturated rings. The minimum atomic E-state index is -0.143. The monoisotopic (exact) mass is 505 g/mol. The van der Waals surface area contributed by atoms with Crippen molar-refractivity contribution in [3.8, 4) is 33.9 Å². The van der Waals surface area contributed by atoms with Crippen molar-refractivity contribution in [3.63, 3.8) is 0 Å². The number of nitrogens with one attached hydrogen (secondary N) is 1. The van der Waals surface area contributed by atoms with E-state index < -0.39 is 0 Å². The number of aryl methyl sites for hydroxylation is 3. The van der Waals surface area contributed by atoms with Gasteiger partial charge in [0.15, 0.2) is 0 Å². The molecular formula is C32H31N3O3. The van der Waals surface area contributed by atoms with Gasteiger partial charge in [-0.05, 0) is 73.7 Å². The van der Waals surface area contributed by atoms with Crippen molar-refractivity contribution in [2.45, 2.75) is 32.7 Å². The molecule has 6 rings (SSSR count). The van der Waals surface area contributed by atoms with Gasteiger partial charge in [0.1, 0.15) is 22.8 Å². The number of carbonyl (C=O) groups is 1. The van der Waals surface area contributed by atoms with Crippen LogP contribution in [-0.2, 0) is 13.0 Å². The first kappa shape index (κ1) is 23.9. The van der Waals surface area contributed by atoms with Gasteiger partial charge in [-0.15, -0.1) is 0 Å². The zero-order valence-electron chi connectivity index (χ0n) is 22.0. The highest BCUT2D eigenvalue weighted by Gasteiger charge is 2.29. The van der Waals surface area contributed by atoms with Gasteiger partial charge in [0, 0.05) is 29.6 Å². The number of nitrogens with zero attached hydrogens (tertiary/aromatic N) is 2. The van der Waals surface area contributed by atoms with Gasteiger partial charge in [0.25, 0.3) is 5.91 Å². The molecule has 1 aliphatic heterocycles. The predicted octanol–water partition coefficient (Wildman–Crippen LogP) is 6.99. The molecule has 0 radical (unpaired) electrons. The lowest BCUT2D eigenvalue weighted by Crippen LogP contribution is -2.15. The standard InChI is InChI=1S/C32H31N3O3/c1-21-7-9-22(10-8-21)28-20-35-30(31(36)33-24-13-17-26(38-3)18-14-24)29(23-11-15-25(37-2)16-12-23)27-6-4-5-19-34(28)32(27)35/h7-18,20H,4-6,19H2,1-3H3,(H,33,36). The molecule has 5 aromatic rings. The van der Waals surface area contributed by atoms with Gasteiger partial charge >= 0.3 is 0 Å². The molecule has 192 valence electrons. The molecule has 0 saturated heterocycles. The fraction of sp³-hybridized carbons (Fsp3) is 0.219. The van der Waals surface area contributed by atoms with E-state index in [-0.39, 0.29) is 5.91 Å². The summed E-state index contributed by atoms with van der Waals surface area (Å²) in [7, 11) is 3.30. The van der Waals surface area contributed by atoms with E-state index in [9.17, 15) is 4.79 Å². The normalized spacial score (nSPS) is 12.8. The number of imidazole rings is 1. The van der Waals surface area contributed by atoms with Crippen molar-refractivity contribution in [3.05, 3.63) is 95.8 Å². The molecule has 1 amide bonds. The zero-order valence-corrected chi connectivity index (χ0v) is 22.0. The summed E-state index contributed by atoms with van der Waals surface area (Å²) in [6.07, 6.45) is 5.20. The molecule has 3 heterocycles. The fourth-order valence-corrected chi connectivity index (χ4v) is 5.50. The Hall–Kier alpha value is -4.45. The summed E-state index contributed by atoms with van der Waals surface area (Å²) in [5.41, 5.74) is 9.18. The van der Waals surface area contributed by atoms with Gasteiger partial charge in [-0.2, -0.15) is 0 Å². The lowest BCUT2D eigenvalue weighted by Gasteiger charge is -2.11. The third-order valence-corrected chi connectivity index (χ3v) is 7.42. The number of amides is 1. The molecule has 0 saturated carbocycles. The average Bonchev–Trinajstić information content (AvgIpc) is 3.37. The molecule has 0 bridgehead atoms. The first-order valence-electron chi connectivity index (χ1n) is 13.0. The Kier molecular flexibility index (Phi) is 6.16. The van der Waals surface area contributed by atoms with Crippen molar-refractivity contribution >= 4 is 17.2 Å². The van der Waals surface area contributed by atoms with Crippen LogP contribution < -0.4 is 14.8 Å². The Labute approximate surface area is 222 Å². The van der Waals surface area contributed by atoms with E-state index in [1.807, 2.05) is 48.5 Å². The third kappa shape index (κ3) is 4.12. The number of aromatic nitrogens is 2. The second-order valence-corrected chi connectivity index (χ2v) is 9.80. The molecule has 38 heavy (non-hydrogen) atoms. The van der Waals surface area contributed by atoms with Crippen LogP contribution in [0.4, 0.5) is 5.69 Å². The molecule has 6 heteroatoms. The van der Waals surface area contributed by atoms with Crippen LogP contribution in [0.3, 0.4) is 0 Å². The largest absolute Gasteiger partial charge is 0.497 e. The summed E-state index contributed by atoms with van der Waals surface area (Å²) in [6.45, 7) is 3.02. The quantitative estimate of drug-likeness (QED) is 0.271. The Bertz CT molecular complexity index is 1610. The third-order valence-electron chi connectivity index (χ3n) is 7.42. The molecule has 0 atom stereocenters. The van der Waals surface area contributed by atoms with Gasteiger partial charge in [-0.3, -0.25) is 9.20 Å². The molecule has 1 N–H and O–H groups in total. The molecule has 0 unspecified atom stereocenters. The van der Waals surface area contributed by atoms with Gasteiger partial charge in [-0.1, -0.05) is 42.0 Å². The molecule has 2 aromatic heterocycles. The maximum Gasteiger partial charge on any atom is 0.273 e. The second-order valence-electron chi connectivity index (χ2n) is 9.80. The van der Waals surface area contributed by atoms with Crippen molar-refractivity contribution in [2.75, 3.05) is 19.5 Å². The SMILES string of the molecule is COc1ccc(NC(=O)c2c(-c3ccc(OC)cc3)c3c4n(c(-c5ccc(C)cc5)cn24)CCCC3)cc1. The van der Waals surface area contributed by atoms with Crippen LogP contribution >= 0.6 is 0 Å². The maximum absolute atomic E-state index is 14.0. The van der Waals surface area contributed by atoms with E-state index in [4.69, 9.17) is 9.47 Å². The number of ether oxygens (including phenoxy) is 2. The summed E-state index contributed by atoms with van der Waals surface area (Å²) in [5, 5.41) is 3.13. The Morgan fingerprint density at radius 1 is 0.816 bits per heavy atom. The lowest BCUT2D eigenvalue weighted by molar-refractivity contribution is 0.102. The first-order valence-corrected chi connectivity index (χ1v) is 13.0. The van der Waals surface area contributed by atoms with Gasteiger partial charge in [0.2, 0.25) is 0 Å². The first-order chi connectivity index (χ1) is 18.6. The van der Waals surface area contributed by atoms with Gasteiger partial charge < -0.3 is 19.4 Å². The number of hydrogen-bond acceptors (Lipinski definition) is 3. The number of anilines is 1. The highest BCUT2D eigenvalue weighted by atomic mass is 16.5. The number of methoxy groups -OCH3 is 2. The van der Waals surface area contributed by atoms with Crippen LogP contribution in [0.5, 0.6) is 11.5 Å². The summed E-state index contributed by atoms with van der Waals surface area (Å²) < 4.78 is 15.2. The van der Waals surface area contributed by atoms with E-state index in [2.05, 4.69) is 51.7 Å². The van der Waals surface area contributed by atoms with E-state index in [0.717, 1.165) is 71.0 Å². The van der Waals surface area contributed by atoms with Crippen LogP contribution in [0.1, 0.15) is 34.5 Å². The number of benzene rings is 3. The number of carbonyl (C=O) groups excluding carboxylic acids is 1. The summed E-state index contributed by atoms with van der Waals surface area (Å²) >= 11 is 0. The minimum absolute atomic E-state index is 0.143. The maximum atomic E-state index is 14.0. The van der Waals surface area contributed by atoms with E-state index in [0.29, 0.717) is 5.69 Å². The zero-order chi connectivity index (χ0) is 26.2. The Morgan fingerprint density at radius 3 is 2.11 bits per heavy atom. The molecular weight excluding hydrogens is 474 g/mol. The summed E-state index contributed by atoms with van der Waals surface area (Å²) in [5.74, 6) is 1.39. The van der Waals surface area contributed by atoms with Crippen LogP contribution in [0.15, 0.2) is 79.0 Å². The van der Waals surface area contributed by atoms with Crippen molar-refractivity contribution in [1.29, 1.82) is 0 Å². The average molecular weight is 506 g/mol. The van der Waals surface area contributed by atoms with Crippen molar-refractivity contribution < 1.29 is 14.3 Å². The van der Waals surface area contributed by atoms with Gasteiger partial charge in [0.05, 0.1) is 19.9 Å². The number of rotatable bonds is 6. The predicted molar refractivity (Wildman–Crippen MR) is 151 cm³/mol. The minimum Gasteiger partial charge on any atom is -0.497 e. The van der Waals surface area contributed by atoms with Crippen molar-refractivity contribution in [1.82, 2.24) is 8.97 Å². The highest BCUT2D eigenvalue weighted by molar-refractivity contribution is 6.10. The van der Waals surface area contributed by atoms with Crippen LogP contribution in [0, 0.1) is 6.92 Å². The van der Waals surface area contributed by atoms with Crippen LogP contribution in [0.25, 0.3) is 28.0 Å². The molecule has 0 aliphatic carbocycles. The summed E-state index contributed by atoms with van der Waals surface area (Å²) in [4.78, 5) is 14.0. The van der Waals surface area contributed by atoms with E-state index >= 15 is 0 Å². The van der Waals surface area contributed by atoms with Gasteiger partial charge in [-0.25, -0.2) is 0 Å². The Morgan fingerprint density at radius 2 is 1.45 bits per heavy atom. The van der Waals surface area contributed by atoms with E-state index in [1.54, 1.807) is 14.2 Å². The topological polar surface area (TPSA) is 56.9 Å². The van der Waals surface area contributed by atoms with Crippen LogP contribution in [-0.4, -0.2) is 29.1 Å². The van der Waals surface area contributed by atoms with Crippen molar-refractivity contribution in [2.24, 2.45) is 0 Å². The second kappa shape index (κ2) is 9.78. The smallest absolute Gasteiger partial charge is 0.273 e. The molecule has 6 nitrogen and oxygen atoms in total. The highest BCUT2D eigenvalue weighted by Crippen LogP contribution is 2.40. The fourth-order valence-electron chi connectivity index (χ4n) is 5.50. The van der Waals surface area contributed by atoms with Crippen LogP contribution in [0.2, 0.25) is 0 Å². The molecule has 0 spiro atoms. The molecule has 1 aliphatic rings. The number of hydrogen-bond donors (Lipinski definition) is 1. The molecule has 3 aromatic carbocycles. The lowest BCUT2D eigenvalue weighted by atomic mass is 9.97. The Balaban J connectivity index is 1.56.